The first kappa shape index (κ1) is 13.3. The van der Waals surface area contributed by atoms with Crippen LogP contribution >= 0.6 is 0 Å². The predicted molar refractivity (Wildman–Crippen MR) is 68.6 cm³/mol. The maximum Gasteiger partial charge on any atom is 0.255 e. The molecule has 1 aliphatic heterocycles. The number of hydrogen-bond acceptors (Lipinski definition) is 4. The van der Waals surface area contributed by atoms with Gasteiger partial charge in [-0.3, -0.25) is 14.6 Å². The summed E-state index contributed by atoms with van der Waals surface area (Å²) in [6, 6.07) is 0.815. The molecule has 102 valence electrons. The second-order valence-electron chi connectivity index (χ2n) is 4.62. The van der Waals surface area contributed by atoms with Crippen LogP contribution in [-0.4, -0.2) is 45.9 Å². The van der Waals surface area contributed by atoms with E-state index in [1.807, 2.05) is 0 Å². The van der Waals surface area contributed by atoms with Crippen LogP contribution in [0.1, 0.15) is 30.1 Å². The van der Waals surface area contributed by atoms with Crippen LogP contribution in [0.2, 0.25) is 0 Å². The Labute approximate surface area is 111 Å². The standard InChI is InChI=1S/C13H17N3O3/c1-9(13(19)16-6-2-3-7-16)15-12(18)10-4-5-14-8-11(10)17/h4-5,8-9,17H,2-3,6-7H2,1H3,(H,15,18). The molecular weight excluding hydrogens is 246 g/mol. The number of carbonyl (C=O) groups is 2. The summed E-state index contributed by atoms with van der Waals surface area (Å²) in [6.45, 7) is 3.15. The van der Waals surface area contributed by atoms with Crippen LogP contribution in [0.3, 0.4) is 0 Å². The SMILES string of the molecule is CC(NC(=O)c1ccncc1O)C(=O)N1CCCC1. The van der Waals surface area contributed by atoms with E-state index in [2.05, 4.69) is 10.3 Å². The lowest BCUT2D eigenvalue weighted by Crippen LogP contribution is -2.45. The highest BCUT2D eigenvalue weighted by Gasteiger charge is 2.25. The number of aromatic nitrogens is 1. The Balaban J connectivity index is 1.98. The molecule has 0 bridgehead atoms. The molecule has 19 heavy (non-hydrogen) atoms. The molecule has 1 aliphatic rings. The van der Waals surface area contributed by atoms with Crippen molar-refractivity contribution >= 4 is 11.8 Å². The second kappa shape index (κ2) is 5.69. The lowest BCUT2D eigenvalue weighted by Gasteiger charge is -2.21. The smallest absolute Gasteiger partial charge is 0.255 e. The van der Waals surface area contributed by atoms with Crippen LogP contribution < -0.4 is 5.32 Å². The minimum atomic E-state index is -0.599. The summed E-state index contributed by atoms with van der Waals surface area (Å²) in [5.41, 5.74) is 0.121. The number of likely N-dealkylation sites (tertiary alicyclic amines) is 1. The largest absolute Gasteiger partial charge is 0.505 e. The summed E-state index contributed by atoms with van der Waals surface area (Å²) in [5, 5.41) is 12.1. The molecule has 2 N–H and O–H groups in total. The molecule has 1 aromatic heterocycles. The number of rotatable bonds is 3. The summed E-state index contributed by atoms with van der Waals surface area (Å²) in [5.74, 6) is -0.750. The zero-order chi connectivity index (χ0) is 13.8. The summed E-state index contributed by atoms with van der Waals surface area (Å²) in [4.78, 5) is 29.4. The predicted octanol–water partition coefficient (Wildman–Crippen LogP) is 0.528. The van der Waals surface area contributed by atoms with Gasteiger partial charge in [0, 0.05) is 19.3 Å². The molecule has 6 nitrogen and oxygen atoms in total. The molecule has 1 atom stereocenters. The van der Waals surface area contributed by atoms with Crippen LogP contribution in [0, 0.1) is 0 Å². The highest BCUT2D eigenvalue weighted by Crippen LogP contribution is 2.14. The zero-order valence-corrected chi connectivity index (χ0v) is 10.8. The van der Waals surface area contributed by atoms with Crippen molar-refractivity contribution in [1.82, 2.24) is 15.2 Å². The highest BCUT2D eigenvalue weighted by molar-refractivity contribution is 5.99. The van der Waals surface area contributed by atoms with Gasteiger partial charge in [-0.1, -0.05) is 0 Å². The Hall–Kier alpha value is -2.11. The van der Waals surface area contributed by atoms with Crippen molar-refractivity contribution in [2.24, 2.45) is 0 Å². The third-order valence-electron chi connectivity index (χ3n) is 3.18. The van der Waals surface area contributed by atoms with E-state index in [-0.39, 0.29) is 17.2 Å². The van der Waals surface area contributed by atoms with E-state index in [0.29, 0.717) is 0 Å². The number of nitrogens with zero attached hydrogens (tertiary/aromatic N) is 2. The number of carbonyl (C=O) groups excluding carboxylic acids is 2. The fourth-order valence-electron chi connectivity index (χ4n) is 2.13. The van der Waals surface area contributed by atoms with Crippen LogP contribution in [0.25, 0.3) is 0 Å². The number of nitrogens with one attached hydrogen (secondary N) is 1. The highest BCUT2D eigenvalue weighted by atomic mass is 16.3. The summed E-state index contributed by atoms with van der Waals surface area (Å²) in [6.07, 6.45) is 4.64. The van der Waals surface area contributed by atoms with E-state index in [1.165, 1.54) is 18.5 Å². The first-order chi connectivity index (χ1) is 9.09. The molecule has 1 aromatic rings. The molecule has 2 amide bonds. The van der Waals surface area contributed by atoms with Gasteiger partial charge in [0.15, 0.2) is 0 Å². The fraction of sp³-hybridized carbons (Fsp3) is 0.462. The lowest BCUT2D eigenvalue weighted by atomic mass is 10.2. The van der Waals surface area contributed by atoms with Gasteiger partial charge in [0.1, 0.15) is 11.8 Å². The molecule has 6 heteroatoms. The van der Waals surface area contributed by atoms with Gasteiger partial charge in [-0.15, -0.1) is 0 Å². The molecule has 0 aliphatic carbocycles. The molecule has 0 spiro atoms. The van der Waals surface area contributed by atoms with Crippen LogP contribution in [0.4, 0.5) is 0 Å². The number of pyridine rings is 1. The minimum Gasteiger partial charge on any atom is -0.505 e. The third kappa shape index (κ3) is 3.01. The minimum absolute atomic E-state index is 0.0839. The van der Waals surface area contributed by atoms with Crippen LogP contribution in [-0.2, 0) is 4.79 Å². The number of hydrogen-bond donors (Lipinski definition) is 2. The quantitative estimate of drug-likeness (QED) is 0.833. The van der Waals surface area contributed by atoms with Crippen molar-refractivity contribution in [3.05, 3.63) is 24.0 Å². The Morgan fingerprint density at radius 1 is 1.42 bits per heavy atom. The Morgan fingerprint density at radius 2 is 2.11 bits per heavy atom. The summed E-state index contributed by atoms with van der Waals surface area (Å²) >= 11 is 0. The molecule has 0 saturated carbocycles. The average Bonchev–Trinajstić information content (AvgIpc) is 2.92. The molecule has 1 fully saturated rings. The average molecular weight is 263 g/mol. The molecular formula is C13H17N3O3. The Morgan fingerprint density at radius 3 is 2.74 bits per heavy atom. The van der Waals surface area contributed by atoms with Gasteiger partial charge in [0.25, 0.3) is 5.91 Å². The molecule has 0 radical (unpaired) electrons. The monoisotopic (exact) mass is 263 g/mol. The molecule has 1 unspecified atom stereocenters. The van der Waals surface area contributed by atoms with Gasteiger partial charge in [-0.2, -0.15) is 0 Å². The first-order valence-corrected chi connectivity index (χ1v) is 6.32. The van der Waals surface area contributed by atoms with E-state index in [1.54, 1.807) is 11.8 Å². The summed E-state index contributed by atoms with van der Waals surface area (Å²) < 4.78 is 0. The fourth-order valence-corrected chi connectivity index (χ4v) is 2.13. The Bertz CT molecular complexity index is 484. The summed E-state index contributed by atoms with van der Waals surface area (Å²) in [7, 11) is 0. The van der Waals surface area contributed by atoms with E-state index < -0.39 is 11.9 Å². The maximum absolute atomic E-state index is 12.0. The zero-order valence-electron chi connectivity index (χ0n) is 10.8. The van der Waals surface area contributed by atoms with Crippen molar-refractivity contribution in [1.29, 1.82) is 0 Å². The molecule has 2 rings (SSSR count). The van der Waals surface area contributed by atoms with Gasteiger partial charge in [0.05, 0.1) is 11.8 Å². The first-order valence-electron chi connectivity index (χ1n) is 6.32. The lowest BCUT2D eigenvalue weighted by molar-refractivity contribution is -0.131. The van der Waals surface area contributed by atoms with Gasteiger partial charge in [-0.25, -0.2) is 0 Å². The second-order valence-corrected chi connectivity index (χ2v) is 4.62. The van der Waals surface area contributed by atoms with Crippen LogP contribution in [0.15, 0.2) is 18.5 Å². The topological polar surface area (TPSA) is 82.5 Å². The molecule has 1 saturated heterocycles. The number of aromatic hydroxyl groups is 1. The van der Waals surface area contributed by atoms with Gasteiger partial charge >= 0.3 is 0 Å². The van der Waals surface area contributed by atoms with Crippen molar-refractivity contribution in [2.75, 3.05) is 13.1 Å². The maximum atomic E-state index is 12.0. The Kier molecular flexibility index (Phi) is 3.99. The van der Waals surface area contributed by atoms with Crippen LogP contribution in [0.5, 0.6) is 5.75 Å². The van der Waals surface area contributed by atoms with E-state index >= 15 is 0 Å². The van der Waals surface area contributed by atoms with Crippen molar-refractivity contribution in [3.63, 3.8) is 0 Å². The molecule has 2 heterocycles. The number of amides is 2. The van der Waals surface area contributed by atoms with Crippen molar-refractivity contribution in [2.45, 2.75) is 25.8 Å². The third-order valence-corrected chi connectivity index (χ3v) is 3.18. The van der Waals surface area contributed by atoms with Crippen molar-refractivity contribution < 1.29 is 14.7 Å². The van der Waals surface area contributed by atoms with Gasteiger partial charge in [0.2, 0.25) is 5.91 Å². The van der Waals surface area contributed by atoms with Gasteiger partial charge < -0.3 is 15.3 Å². The van der Waals surface area contributed by atoms with E-state index in [0.717, 1.165) is 25.9 Å². The normalized spacial score (nSPS) is 16.2. The van der Waals surface area contributed by atoms with E-state index in [9.17, 15) is 14.7 Å². The van der Waals surface area contributed by atoms with Crippen molar-refractivity contribution in [3.8, 4) is 5.75 Å². The van der Waals surface area contributed by atoms with Gasteiger partial charge in [-0.05, 0) is 25.8 Å². The molecule has 0 aromatic carbocycles. The van der Waals surface area contributed by atoms with E-state index in [4.69, 9.17) is 0 Å².